The van der Waals surface area contributed by atoms with Crippen molar-refractivity contribution < 1.29 is 50.0 Å². The molecule has 0 aromatic heterocycles. The van der Waals surface area contributed by atoms with Crippen LogP contribution in [0, 0.1) is 0 Å². The molecule has 3 aliphatic rings. The molecule has 0 saturated carbocycles. The highest BCUT2D eigenvalue weighted by molar-refractivity contribution is 6.30. The van der Waals surface area contributed by atoms with Crippen LogP contribution in [0.4, 0.5) is 0 Å². The van der Waals surface area contributed by atoms with E-state index in [1.165, 1.54) is 25.1 Å². The molecule has 5 rings (SSSR count). The van der Waals surface area contributed by atoms with Gasteiger partial charge in [0.15, 0.2) is 23.6 Å². The minimum atomic E-state index is -1.96. The van der Waals surface area contributed by atoms with Crippen LogP contribution in [0.1, 0.15) is 53.8 Å². The van der Waals surface area contributed by atoms with Crippen molar-refractivity contribution in [2.45, 2.75) is 69.4 Å². The molecule has 6 N–H and O–H groups in total. The van der Waals surface area contributed by atoms with Gasteiger partial charge in [0.25, 0.3) is 0 Å². The Labute approximate surface area is 205 Å². The molecule has 0 bridgehead atoms. The van der Waals surface area contributed by atoms with Crippen LogP contribution in [0.5, 0.6) is 11.5 Å². The first-order chi connectivity index (χ1) is 16.9. The summed E-state index contributed by atoms with van der Waals surface area (Å²) in [6.07, 6.45) is -4.15. The molecule has 0 unspecified atom stereocenters. The lowest BCUT2D eigenvalue weighted by atomic mass is 9.69. The number of ketones is 3. The smallest absolute Gasteiger partial charge is 0.192 e. The number of phenols is 1. The van der Waals surface area contributed by atoms with E-state index >= 15 is 0 Å². The van der Waals surface area contributed by atoms with Crippen LogP contribution in [0.3, 0.4) is 0 Å². The first kappa shape index (κ1) is 24.5. The SMILES string of the molecule is CC(=O)[C@]1(O)CC2=C(C(=O)c3c(cc4cccc(O)c4c3[O-])C2=O)[C@@H](O[C@@H]2C[C@@H]([NH3+])[C@@H](O)[C@@H](C)O2)C1. The Morgan fingerprint density at radius 1 is 1.28 bits per heavy atom. The highest BCUT2D eigenvalue weighted by atomic mass is 16.7. The molecule has 2 aliphatic carbocycles. The number of carbonyl (C=O) groups excluding carboxylic acids is 3. The Kier molecular flexibility index (Phi) is 5.77. The minimum Gasteiger partial charge on any atom is -0.871 e. The fourth-order valence-electron chi connectivity index (χ4n) is 5.45. The highest BCUT2D eigenvalue weighted by Gasteiger charge is 2.50. The van der Waals surface area contributed by atoms with Crippen molar-refractivity contribution in [1.82, 2.24) is 0 Å². The van der Waals surface area contributed by atoms with E-state index in [1.807, 2.05) is 0 Å². The van der Waals surface area contributed by atoms with Crippen molar-refractivity contribution in [3.63, 3.8) is 0 Å². The van der Waals surface area contributed by atoms with Crippen molar-refractivity contribution in [3.05, 3.63) is 46.5 Å². The molecule has 10 heteroatoms. The van der Waals surface area contributed by atoms with E-state index in [4.69, 9.17) is 9.47 Å². The van der Waals surface area contributed by atoms with Gasteiger partial charge in [0.2, 0.25) is 0 Å². The number of rotatable bonds is 3. The van der Waals surface area contributed by atoms with E-state index in [0.29, 0.717) is 5.39 Å². The fourth-order valence-corrected chi connectivity index (χ4v) is 5.45. The summed E-state index contributed by atoms with van der Waals surface area (Å²) in [6, 6.07) is 5.31. The van der Waals surface area contributed by atoms with Gasteiger partial charge in [-0.1, -0.05) is 17.9 Å². The van der Waals surface area contributed by atoms with Crippen LogP contribution in [-0.2, 0) is 14.3 Å². The summed E-state index contributed by atoms with van der Waals surface area (Å²) in [7, 11) is 0. The molecular weight excluding hydrogens is 470 g/mol. The number of Topliss-reactive ketones (excluding diaryl/α,β-unsaturated/α-hetero) is 3. The van der Waals surface area contributed by atoms with Gasteiger partial charge in [0.05, 0.1) is 18.6 Å². The summed E-state index contributed by atoms with van der Waals surface area (Å²) in [5.41, 5.74) is 1.23. The van der Waals surface area contributed by atoms with Gasteiger partial charge in [-0.2, -0.15) is 0 Å². The summed E-state index contributed by atoms with van der Waals surface area (Å²) in [4.78, 5) is 39.8. The standard InChI is InChI=1S/C26H27NO9/c1-10-22(30)15(27)7-18(35-10)36-17-9-26(34,11(2)28)8-14-20(17)25(33)21-13(23(14)31)6-12-4-3-5-16(29)19(12)24(21)32/h3-6,10,15,17-18,22,29-30,32,34H,7-9,27H2,1-2H3/t10-,15-,17+,18-,22+,26+/m1/s1. The van der Waals surface area contributed by atoms with Crippen molar-refractivity contribution in [1.29, 1.82) is 0 Å². The summed E-state index contributed by atoms with van der Waals surface area (Å²) >= 11 is 0. The Balaban J connectivity index is 1.63. The summed E-state index contributed by atoms with van der Waals surface area (Å²) in [6.45, 7) is 2.84. The minimum absolute atomic E-state index is 0.0757. The first-order valence-electron chi connectivity index (χ1n) is 11.8. The Morgan fingerprint density at radius 3 is 2.67 bits per heavy atom. The van der Waals surface area contributed by atoms with E-state index in [1.54, 1.807) is 13.0 Å². The maximum atomic E-state index is 13.8. The Bertz CT molecular complexity index is 1340. The zero-order valence-corrected chi connectivity index (χ0v) is 19.8. The molecule has 1 heterocycles. The number of fused-ring (bicyclic) bond motifs is 2. The molecule has 2 aromatic rings. The quantitative estimate of drug-likeness (QED) is 0.450. The van der Waals surface area contributed by atoms with Crippen LogP contribution in [0.25, 0.3) is 10.8 Å². The van der Waals surface area contributed by atoms with Crippen molar-refractivity contribution in [3.8, 4) is 11.5 Å². The molecule has 1 saturated heterocycles. The third-order valence-electron chi connectivity index (χ3n) is 7.52. The topological polar surface area (TPSA) is 181 Å². The molecule has 0 spiro atoms. The number of benzene rings is 2. The largest absolute Gasteiger partial charge is 0.871 e. The second kappa shape index (κ2) is 8.46. The van der Waals surface area contributed by atoms with E-state index < -0.39 is 65.8 Å². The highest BCUT2D eigenvalue weighted by Crippen LogP contribution is 2.46. The van der Waals surface area contributed by atoms with Gasteiger partial charge in [-0.25, -0.2) is 0 Å². The van der Waals surface area contributed by atoms with Crippen molar-refractivity contribution >= 4 is 28.1 Å². The van der Waals surface area contributed by atoms with Gasteiger partial charge < -0.3 is 35.6 Å². The number of aliphatic hydroxyl groups is 2. The second-order valence-corrected chi connectivity index (χ2v) is 9.90. The third kappa shape index (κ3) is 3.64. The molecular formula is C26H27NO9. The lowest BCUT2D eigenvalue weighted by Gasteiger charge is -2.42. The number of ether oxygens (including phenoxy) is 2. The average Bonchev–Trinajstić information content (AvgIpc) is 2.80. The maximum absolute atomic E-state index is 13.8. The lowest BCUT2D eigenvalue weighted by molar-refractivity contribution is -0.466. The van der Waals surface area contributed by atoms with Crippen LogP contribution < -0.4 is 10.8 Å². The third-order valence-corrected chi connectivity index (χ3v) is 7.52. The van der Waals surface area contributed by atoms with Crippen LogP contribution >= 0.6 is 0 Å². The molecule has 190 valence electrons. The predicted octanol–water partition coefficient (Wildman–Crippen LogP) is -0.1000. The number of hydrogen-bond donors (Lipinski definition) is 4. The number of quaternary nitrogens is 1. The van der Waals surface area contributed by atoms with E-state index in [2.05, 4.69) is 5.73 Å². The van der Waals surface area contributed by atoms with Gasteiger partial charge >= 0.3 is 0 Å². The maximum Gasteiger partial charge on any atom is 0.192 e. The second-order valence-electron chi connectivity index (χ2n) is 9.90. The van der Waals surface area contributed by atoms with Crippen molar-refractivity contribution in [2.24, 2.45) is 0 Å². The Morgan fingerprint density at radius 2 is 2.00 bits per heavy atom. The summed E-state index contributed by atoms with van der Waals surface area (Å²) in [5, 5.41) is 45.1. The molecule has 36 heavy (non-hydrogen) atoms. The van der Waals surface area contributed by atoms with Crippen LogP contribution in [0.2, 0.25) is 0 Å². The molecule has 1 fully saturated rings. The number of hydrogen-bond acceptors (Lipinski definition) is 9. The van der Waals surface area contributed by atoms with Crippen molar-refractivity contribution in [2.75, 3.05) is 0 Å². The van der Waals surface area contributed by atoms with E-state index in [0.717, 1.165) is 0 Å². The van der Waals surface area contributed by atoms with Gasteiger partial charge in [0, 0.05) is 40.5 Å². The molecule has 0 radical (unpaired) electrons. The molecule has 6 atom stereocenters. The van der Waals surface area contributed by atoms with E-state index in [-0.39, 0.29) is 46.3 Å². The zero-order valence-electron chi connectivity index (χ0n) is 19.8. The number of aromatic hydroxyl groups is 1. The average molecular weight is 498 g/mol. The predicted molar refractivity (Wildman–Crippen MR) is 122 cm³/mol. The van der Waals surface area contributed by atoms with Gasteiger partial charge in [0.1, 0.15) is 23.5 Å². The molecule has 0 amide bonds. The molecule has 1 aliphatic heterocycles. The number of phenolic OH excluding ortho intramolecular Hbond substituents is 1. The fraction of sp³-hybridized carbons (Fsp3) is 0.423. The van der Waals surface area contributed by atoms with Crippen LogP contribution in [-0.4, -0.2) is 68.9 Å². The Hall–Kier alpha value is -3.15. The van der Waals surface area contributed by atoms with Gasteiger partial charge in [-0.3, -0.25) is 14.4 Å². The van der Waals surface area contributed by atoms with E-state index in [9.17, 15) is 34.8 Å². The van der Waals surface area contributed by atoms with Gasteiger partial charge in [-0.15, -0.1) is 0 Å². The monoisotopic (exact) mass is 497 g/mol. The summed E-state index contributed by atoms with van der Waals surface area (Å²) in [5.74, 6) is -3.09. The number of aliphatic hydroxyl groups excluding tert-OH is 1. The zero-order chi connectivity index (χ0) is 26.1. The lowest BCUT2D eigenvalue weighted by Crippen LogP contribution is -2.71. The number of carbonyl (C=O) groups is 3. The first-order valence-corrected chi connectivity index (χ1v) is 11.8. The van der Waals surface area contributed by atoms with Gasteiger partial charge in [-0.05, 0) is 31.4 Å². The molecule has 2 aromatic carbocycles. The molecule has 10 nitrogen and oxygen atoms in total. The normalized spacial score (nSPS) is 32.4. The summed E-state index contributed by atoms with van der Waals surface area (Å²) < 4.78 is 11.8. The van der Waals surface area contributed by atoms with Crippen LogP contribution in [0.15, 0.2) is 35.4 Å².